The lowest BCUT2D eigenvalue weighted by molar-refractivity contribution is 1.02. The highest BCUT2D eigenvalue weighted by molar-refractivity contribution is 5.86. The Morgan fingerprint density at radius 1 is 0.280 bits per heavy atom. The van der Waals surface area contributed by atoms with Gasteiger partial charge in [-0.05, 0) is 104 Å². The summed E-state index contributed by atoms with van der Waals surface area (Å²) in [6.07, 6.45) is 0. The van der Waals surface area contributed by atoms with E-state index in [4.69, 9.17) is 0 Å². The monoisotopic (exact) mass is 637 g/mol. The van der Waals surface area contributed by atoms with Crippen molar-refractivity contribution in [2.75, 3.05) is 4.90 Å². The number of rotatable bonds is 7. The van der Waals surface area contributed by atoms with Gasteiger partial charge in [0.1, 0.15) is 0 Å². The maximum Gasteiger partial charge on any atom is 0.0462 e. The molecule has 0 aliphatic heterocycles. The van der Waals surface area contributed by atoms with Crippen molar-refractivity contribution in [3.8, 4) is 44.5 Å². The minimum absolute atomic E-state index is 0.258. The van der Waals surface area contributed by atoms with Crippen molar-refractivity contribution in [2.24, 2.45) is 0 Å². The smallest absolute Gasteiger partial charge is 0.0462 e. The summed E-state index contributed by atoms with van der Waals surface area (Å²) in [5.41, 5.74) is 17.4. The molecule has 0 fully saturated rings. The average Bonchev–Trinajstić information content (AvgIpc) is 3.53. The molecule has 0 spiro atoms. The molecule has 8 aromatic rings. The van der Waals surface area contributed by atoms with Crippen LogP contribution in [-0.4, -0.2) is 0 Å². The molecule has 0 N–H and O–H groups in total. The van der Waals surface area contributed by atoms with Gasteiger partial charge in [0.15, 0.2) is 0 Å². The largest absolute Gasteiger partial charge is 0.311 e. The van der Waals surface area contributed by atoms with Gasteiger partial charge in [0, 0.05) is 23.0 Å². The molecule has 1 heteroatoms. The van der Waals surface area contributed by atoms with Crippen LogP contribution in [0, 0.1) is 0 Å². The SMILES string of the molecule is c1ccc(-c2ccc(N(c3ccc(-c4ccccc4)cc3)c3ccc(-c4ccc5c(c4)-c4ccccc4C5c4ccccc4)cc3)cc2)cc1. The fraction of sp³-hybridized carbons (Fsp3) is 0.0204. The Labute approximate surface area is 294 Å². The molecule has 8 aromatic carbocycles. The van der Waals surface area contributed by atoms with E-state index in [9.17, 15) is 0 Å². The van der Waals surface area contributed by atoms with Crippen LogP contribution in [0.15, 0.2) is 206 Å². The Morgan fingerprint density at radius 2 is 0.660 bits per heavy atom. The van der Waals surface area contributed by atoms with E-state index in [2.05, 4.69) is 211 Å². The van der Waals surface area contributed by atoms with E-state index >= 15 is 0 Å². The minimum Gasteiger partial charge on any atom is -0.311 e. The Bertz CT molecular complexity index is 2290. The lowest BCUT2D eigenvalue weighted by Crippen LogP contribution is -2.09. The van der Waals surface area contributed by atoms with Gasteiger partial charge in [-0.25, -0.2) is 0 Å². The number of benzene rings is 8. The van der Waals surface area contributed by atoms with Crippen LogP contribution in [0.3, 0.4) is 0 Å². The molecule has 1 nitrogen and oxygen atoms in total. The Balaban J connectivity index is 1.08. The summed E-state index contributed by atoms with van der Waals surface area (Å²) in [5.74, 6) is 0.258. The van der Waals surface area contributed by atoms with E-state index < -0.39 is 0 Å². The predicted octanol–water partition coefficient (Wildman–Crippen LogP) is 13.3. The van der Waals surface area contributed by atoms with Crippen LogP contribution in [0.5, 0.6) is 0 Å². The number of nitrogens with zero attached hydrogens (tertiary/aromatic N) is 1. The topological polar surface area (TPSA) is 3.24 Å². The van der Waals surface area contributed by atoms with Gasteiger partial charge in [-0.2, -0.15) is 0 Å². The second kappa shape index (κ2) is 12.9. The van der Waals surface area contributed by atoms with E-state index in [1.807, 2.05) is 0 Å². The lowest BCUT2D eigenvalue weighted by Gasteiger charge is -2.26. The number of anilines is 3. The summed E-state index contributed by atoms with van der Waals surface area (Å²) in [7, 11) is 0. The van der Waals surface area contributed by atoms with Gasteiger partial charge in [0.2, 0.25) is 0 Å². The van der Waals surface area contributed by atoms with Crippen molar-refractivity contribution in [3.05, 3.63) is 223 Å². The van der Waals surface area contributed by atoms with Gasteiger partial charge in [0.25, 0.3) is 0 Å². The van der Waals surface area contributed by atoms with E-state index in [1.165, 1.54) is 61.2 Å². The molecule has 0 saturated carbocycles. The van der Waals surface area contributed by atoms with Crippen molar-refractivity contribution >= 4 is 17.1 Å². The van der Waals surface area contributed by atoms with Crippen LogP contribution in [0.25, 0.3) is 44.5 Å². The fourth-order valence-corrected chi connectivity index (χ4v) is 7.50. The Hall–Kier alpha value is -6.44. The minimum atomic E-state index is 0.258. The lowest BCUT2D eigenvalue weighted by atomic mass is 9.89. The summed E-state index contributed by atoms with van der Waals surface area (Å²) >= 11 is 0. The molecular formula is C49H35N. The molecule has 0 saturated heterocycles. The number of hydrogen-bond donors (Lipinski definition) is 0. The highest BCUT2D eigenvalue weighted by Crippen LogP contribution is 2.49. The van der Waals surface area contributed by atoms with Gasteiger partial charge in [-0.15, -0.1) is 0 Å². The van der Waals surface area contributed by atoms with Crippen LogP contribution in [0.4, 0.5) is 17.1 Å². The van der Waals surface area contributed by atoms with Crippen molar-refractivity contribution in [2.45, 2.75) is 5.92 Å². The molecule has 50 heavy (non-hydrogen) atoms. The number of hydrogen-bond acceptors (Lipinski definition) is 1. The van der Waals surface area contributed by atoms with E-state index in [0.29, 0.717) is 0 Å². The van der Waals surface area contributed by atoms with Crippen molar-refractivity contribution < 1.29 is 0 Å². The maximum absolute atomic E-state index is 2.38. The standard InChI is InChI=1S/C49H35N/c1-4-12-35(13-5-1)37-20-27-42(28-21-37)50(43-29-22-38(23-30-43)36-14-6-2-7-15-36)44-31-24-39(25-32-44)41-26-33-47-48(34-41)45-18-10-11-19-46(45)49(47)40-16-8-3-9-17-40/h1-34,49H. The van der Waals surface area contributed by atoms with Gasteiger partial charge < -0.3 is 4.90 Å². The Kier molecular flexibility index (Phi) is 7.64. The summed E-state index contributed by atoms with van der Waals surface area (Å²) in [5, 5.41) is 0. The molecule has 0 bridgehead atoms. The highest BCUT2D eigenvalue weighted by Gasteiger charge is 2.29. The Morgan fingerprint density at radius 3 is 1.18 bits per heavy atom. The van der Waals surface area contributed by atoms with Crippen LogP contribution in [0.2, 0.25) is 0 Å². The normalized spacial score (nSPS) is 13.0. The van der Waals surface area contributed by atoms with Gasteiger partial charge >= 0.3 is 0 Å². The molecule has 0 aromatic heterocycles. The predicted molar refractivity (Wildman–Crippen MR) is 210 cm³/mol. The summed E-state index contributed by atoms with van der Waals surface area (Å²) in [6, 6.07) is 74.7. The molecule has 0 amide bonds. The van der Waals surface area contributed by atoms with Crippen molar-refractivity contribution in [1.82, 2.24) is 0 Å². The van der Waals surface area contributed by atoms with E-state index in [0.717, 1.165) is 17.1 Å². The second-order valence-corrected chi connectivity index (χ2v) is 12.9. The zero-order valence-electron chi connectivity index (χ0n) is 27.7. The third kappa shape index (κ3) is 5.49. The summed E-state index contributed by atoms with van der Waals surface area (Å²) in [4.78, 5) is 2.34. The fourth-order valence-electron chi connectivity index (χ4n) is 7.50. The quantitative estimate of drug-likeness (QED) is 0.168. The maximum atomic E-state index is 2.38. The first kappa shape index (κ1) is 29.7. The van der Waals surface area contributed by atoms with Crippen molar-refractivity contribution in [3.63, 3.8) is 0 Å². The number of fused-ring (bicyclic) bond motifs is 3. The first-order valence-electron chi connectivity index (χ1n) is 17.3. The first-order valence-corrected chi connectivity index (χ1v) is 17.3. The highest BCUT2D eigenvalue weighted by atomic mass is 15.1. The zero-order chi connectivity index (χ0) is 33.3. The molecule has 1 unspecified atom stereocenters. The molecule has 1 atom stereocenters. The summed E-state index contributed by atoms with van der Waals surface area (Å²) < 4.78 is 0. The molecule has 0 heterocycles. The molecular weight excluding hydrogens is 603 g/mol. The van der Waals surface area contributed by atoms with Crippen LogP contribution in [0.1, 0.15) is 22.6 Å². The third-order valence-corrected chi connectivity index (χ3v) is 9.98. The molecule has 1 aliphatic rings. The average molecular weight is 638 g/mol. The van der Waals surface area contributed by atoms with Gasteiger partial charge in [-0.1, -0.05) is 164 Å². The second-order valence-electron chi connectivity index (χ2n) is 12.9. The van der Waals surface area contributed by atoms with E-state index in [1.54, 1.807) is 0 Å². The van der Waals surface area contributed by atoms with Crippen LogP contribution in [-0.2, 0) is 0 Å². The van der Waals surface area contributed by atoms with Gasteiger partial charge in [0.05, 0.1) is 0 Å². The molecule has 0 radical (unpaired) electrons. The van der Waals surface area contributed by atoms with Crippen molar-refractivity contribution in [1.29, 1.82) is 0 Å². The summed E-state index contributed by atoms with van der Waals surface area (Å²) in [6.45, 7) is 0. The molecule has 236 valence electrons. The molecule has 1 aliphatic carbocycles. The first-order chi connectivity index (χ1) is 24.8. The zero-order valence-corrected chi connectivity index (χ0v) is 27.7. The van der Waals surface area contributed by atoms with Crippen LogP contribution >= 0.6 is 0 Å². The third-order valence-electron chi connectivity index (χ3n) is 9.98. The van der Waals surface area contributed by atoms with E-state index in [-0.39, 0.29) is 5.92 Å². The van der Waals surface area contributed by atoms with Crippen LogP contribution < -0.4 is 4.90 Å². The molecule has 9 rings (SSSR count). The van der Waals surface area contributed by atoms with Gasteiger partial charge in [-0.3, -0.25) is 0 Å².